The van der Waals surface area contributed by atoms with Gasteiger partial charge in [-0.25, -0.2) is 0 Å². The highest BCUT2D eigenvalue weighted by atomic mass is 28.3. The van der Waals surface area contributed by atoms with Crippen molar-refractivity contribution in [2.45, 2.75) is 18.1 Å². The molecule has 16 heavy (non-hydrogen) atoms. The second-order valence-corrected chi connectivity index (χ2v) is 8.18. The van der Waals surface area contributed by atoms with Crippen LogP contribution in [0.4, 0.5) is 0 Å². The zero-order valence-electron chi connectivity index (χ0n) is 9.81. The van der Waals surface area contributed by atoms with Crippen LogP contribution in [0.25, 0.3) is 0 Å². The molecule has 84 valence electrons. The van der Waals surface area contributed by atoms with Crippen molar-refractivity contribution in [1.29, 1.82) is 0 Å². The highest BCUT2D eigenvalue weighted by molar-refractivity contribution is 6.72. The molecule has 1 nitrogen and oxygen atoms in total. The first-order valence-corrected chi connectivity index (χ1v) is 8.15. The lowest BCUT2D eigenvalue weighted by Gasteiger charge is -2.20. The molecular weight excluding hydrogens is 210 g/mol. The molecule has 1 aromatic rings. The average molecular weight is 230 g/mol. The van der Waals surface area contributed by atoms with Crippen molar-refractivity contribution in [1.82, 2.24) is 0 Å². The maximum absolute atomic E-state index is 3.89. The minimum absolute atomic E-state index is 1.06. The molecule has 0 N–H and O–H groups in total. The van der Waals surface area contributed by atoms with Crippen LogP contribution in [0, 0.1) is 0 Å². The zero-order chi connectivity index (χ0) is 11.9. The molecule has 0 saturated carbocycles. The Morgan fingerprint density at radius 1 is 0.812 bits per heavy atom. The first kappa shape index (κ1) is 12.7. The summed E-state index contributed by atoms with van der Waals surface area (Å²) in [5.74, 6) is 0. The first-order chi connectivity index (χ1) is 7.79. The molecule has 0 aliphatic heterocycles. The molecule has 1 rings (SSSR count). The molecule has 0 atom stereocenters. The van der Waals surface area contributed by atoms with Crippen molar-refractivity contribution in [3.63, 3.8) is 0 Å². The third-order valence-electron chi connectivity index (χ3n) is 2.84. The van der Waals surface area contributed by atoms with E-state index in [1.165, 1.54) is 0 Å². The van der Waals surface area contributed by atoms with Crippen LogP contribution < -0.4 is 4.23 Å². The molecule has 0 bridgehead atoms. The van der Waals surface area contributed by atoms with Crippen LogP contribution in [0.15, 0.2) is 68.6 Å². The molecule has 2 heteroatoms. The van der Waals surface area contributed by atoms with Crippen LogP contribution in [0.5, 0.6) is 0 Å². The number of nitrogens with zero attached hydrogens (tertiary/aromatic N) is 1. The summed E-state index contributed by atoms with van der Waals surface area (Å²) in [6, 6.07) is 9.37. The molecular formula is C14H20NSi+. The molecule has 0 aliphatic rings. The maximum atomic E-state index is 3.89. The Labute approximate surface area is 99.5 Å². The lowest BCUT2D eigenvalue weighted by atomic mass is 10.5. The van der Waals surface area contributed by atoms with Gasteiger partial charge in [0.15, 0.2) is 0 Å². The summed E-state index contributed by atoms with van der Waals surface area (Å²) >= 11 is 0. The average Bonchev–Trinajstić information content (AvgIpc) is 2.31. The molecule has 1 heterocycles. The monoisotopic (exact) mass is 230 g/mol. The fourth-order valence-electron chi connectivity index (χ4n) is 2.09. The predicted octanol–water partition coefficient (Wildman–Crippen LogP) is 3.33. The van der Waals surface area contributed by atoms with Gasteiger partial charge < -0.3 is 0 Å². The highest BCUT2D eigenvalue weighted by Gasteiger charge is 2.42. The van der Waals surface area contributed by atoms with Crippen molar-refractivity contribution in [3.8, 4) is 0 Å². The quantitative estimate of drug-likeness (QED) is 0.500. The smallest absolute Gasteiger partial charge is 0.279 e. The molecule has 0 unspecified atom stereocenters. The van der Waals surface area contributed by atoms with Crippen LogP contribution in [-0.2, 0) is 0 Å². The summed E-state index contributed by atoms with van der Waals surface area (Å²) in [5.41, 5.74) is 0. The molecule has 0 radical (unpaired) electrons. The Morgan fingerprint density at radius 2 is 1.25 bits per heavy atom. The Hall–Kier alpha value is -1.41. The highest BCUT2D eigenvalue weighted by Crippen LogP contribution is 2.18. The van der Waals surface area contributed by atoms with Gasteiger partial charge in [-0.15, -0.1) is 19.7 Å². The minimum Gasteiger partial charge on any atom is -0.279 e. The zero-order valence-corrected chi connectivity index (χ0v) is 10.8. The van der Waals surface area contributed by atoms with Gasteiger partial charge in [-0.05, 0) is 12.1 Å². The van der Waals surface area contributed by atoms with E-state index < -0.39 is 8.24 Å². The SMILES string of the molecule is C=CC[Si](CC=C)(CC=C)[n+]1ccccc1. The number of pyridine rings is 1. The summed E-state index contributed by atoms with van der Waals surface area (Å²) in [6.45, 7) is 11.7. The first-order valence-electron chi connectivity index (χ1n) is 5.58. The van der Waals surface area contributed by atoms with E-state index in [4.69, 9.17) is 0 Å². The number of allylic oxidation sites excluding steroid dienone is 3. The van der Waals surface area contributed by atoms with Crippen LogP contribution in [0.2, 0.25) is 18.1 Å². The Balaban J connectivity index is 3.13. The topological polar surface area (TPSA) is 3.88 Å². The van der Waals surface area contributed by atoms with Gasteiger partial charge in [-0.3, -0.25) is 4.23 Å². The summed E-state index contributed by atoms with van der Waals surface area (Å²) in [4.78, 5) is 0. The van der Waals surface area contributed by atoms with Crippen molar-refractivity contribution >= 4 is 8.24 Å². The fraction of sp³-hybridized carbons (Fsp3) is 0.214. The van der Waals surface area contributed by atoms with Crippen molar-refractivity contribution in [2.24, 2.45) is 0 Å². The van der Waals surface area contributed by atoms with Gasteiger partial charge >= 0.3 is 8.24 Å². The van der Waals surface area contributed by atoms with E-state index in [1.807, 2.05) is 24.3 Å². The molecule has 0 aliphatic carbocycles. The van der Waals surface area contributed by atoms with Gasteiger partial charge in [0.1, 0.15) is 12.4 Å². The third kappa shape index (κ3) is 2.80. The number of rotatable bonds is 7. The predicted molar refractivity (Wildman–Crippen MR) is 72.8 cm³/mol. The Kier molecular flexibility index (Phi) is 4.93. The number of hydrogen-bond acceptors (Lipinski definition) is 0. The van der Waals surface area contributed by atoms with Crippen LogP contribution in [0.1, 0.15) is 0 Å². The fourth-order valence-corrected chi connectivity index (χ4v) is 5.64. The second-order valence-electron chi connectivity index (χ2n) is 3.99. The van der Waals surface area contributed by atoms with Crippen LogP contribution >= 0.6 is 0 Å². The van der Waals surface area contributed by atoms with Gasteiger partial charge in [-0.1, -0.05) is 24.3 Å². The van der Waals surface area contributed by atoms with Crippen molar-refractivity contribution < 1.29 is 4.23 Å². The van der Waals surface area contributed by atoms with E-state index in [-0.39, 0.29) is 0 Å². The molecule has 0 saturated heterocycles. The number of aromatic nitrogens is 1. The van der Waals surface area contributed by atoms with E-state index in [0.29, 0.717) is 0 Å². The molecule has 0 fully saturated rings. The second kappa shape index (κ2) is 6.23. The van der Waals surface area contributed by atoms with Crippen LogP contribution in [-0.4, -0.2) is 8.24 Å². The summed E-state index contributed by atoms with van der Waals surface area (Å²) < 4.78 is 2.37. The molecule has 0 aromatic carbocycles. The van der Waals surface area contributed by atoms with Gasteiger partial charge in [0.25, 0.3) is 0 Å². The normalized spacial score (nSPS) is 10.8. The summed E-state index contributed by atoms with van der Waals surface area (Å²) in [6.07, 6.45) is 10.4. The number of hydrogen-bond donors (Lipinski definition) is 0. The summed E-state index contributed by atoms with van der Waals surface area (Å²) in [7, 11) is -1.61. The van der Waals surface area contributed by atoms with Crippen LogP contribution in [0.3, 0.4) is 0 Å². The van der Waals surface area contributed by atoms with Gasteiger partial charge in [0.2, 0.25) is 0 Å². The summed E-state index contributed by atoms with van der Waals surface area (Å²) in [5, 5.41) is 0. The van der Waals surface area contributed by atoms with E-state index in [2.05, 4.69) is 48.5 Å². The lowest BCUT2D eigenvalue weighted by molar-refractivity contribution is -0.548. The third-order valence-corrected chi connectivity index (χ3v) is 7.38. The van der Waals surface area contributed by atoms with E-state index in [9.17, 15) is 0 Å². The Morgan fingerprint density at radius 3 is 1.62 bits per heavy atom. The largest absolute Gasteiger partial charge is 0.374 e. The van der Waals surface area contributed by atoms with Gasteiger partial charge in [0.05, 0.1) is 0 Å². The molecule has 1 aromatic heterocycles. The van der Waals surface area contributed by atoms with Crippen molar-refractivity contribution in [3.05, 3.63) is 68.6 Å². The van der Waals surface area contributed by atoms with E-state index in [0.717, 1.165) is 18.1 Å². The minimum atomic E-state index is -1.61. The maximum Gasteiger partial charge on any atom is 0.374 e. The van der Waals surface area contributed by atoms with Gasteiger partial charge in [-0.2, -0.15) is 0 Å². The lowest BCUT2D eigenvalue weighted by Crippen LogP contribution is -2.63. The molecule has 0 amide bonds. The standard InChI is InChI=1S/C14H20NSi/c1-4-12-16(13-5-2,14-6-3)15-10-8-7-9-11-15/h4-11H,1-3,12-14H2/q+1. The van der Waals surface area contributed by atoms with E-state index >= 15 is 0 Å². The molecule has 0 spiro atoms. The Bertz CT molecular complexity index is 330. The van der Waals surface area contributed by atoms with Gasteiger partial charge in [0, 0.05) is 18.1 Å². The van der Waals surface area contributed by atoms with E-state index in [1.54, 1.807) is 0 Å². The van der Waals surface area contributed by atoms with Crippen molar-refractivity contribution in [2.75, 3.05) is 0 Å².